The van der Waals surface area contributed by atoms with Crippen LogP contribution in [0.3, 0.4) is 0 Å². The summed E-state index contributed by atoms with van der Waals surface area (Å²) in [6.45, 7) is 1.66. The van der Waals surface area contributed by atoms with Gasteiger partial charge >= 0.3 is 0 Å². The number of allylic oxidation sites excluding steroid dienone is 1. The first-order valence-corrected chi connectivity index (χ1v) is 2.35. The molecule has 3 heteroatoms. The summed E-state index contributed by atoms with van der Waals surface area (Å²) in [4.78, 5) is 10.3. The van der Waals surface area contributed by atoms with Crippen molar-refractivity contribution >= 4 is 5.78 Å². The van der Waals surface area contributed by atoms with E-state index in [9.17, 15) is 9.18 Å². The van der Waals surface area contributed by atoms with E-state index in [1.165, 1.54) is 0 Å². The van der Waals surface area contributed by atoms with Gasteiger partial charge < -0.3 is 5.32 Å². The average Bonchev–Trinajstić information content (AvgIpc) is 1.98. The Bertz CT molecular complexity index is 162. The maximum atomic E-state index is 12.2. The van der Waals surface area contributed by atoms with Crippen LogP contribution in [0.2, 0.25) is 0 Å². The normalized spacial score (nSPS) is 19.5. The molecule has 8 heavy (non-hydrogen) atoms. The van der Waals surface area contributed by atoms with Gasteiger partial charge in [0.05, 0.1) is 6.54 Å². The first kappa shape index (κ1) is 5.28. The average molecular weight is 115 g/mol. The summed E-state index contributed by atoms with van der Waals surface area (Å²) in [5, 5.41) is 2.57. The van der Waals surface area contributed by atoms with Crippen LogP contribution in [-0.4, -0.2) is 12.3 Å². The van der Waals surface area contributed by atoms with Gasteiger partial charge in [-0.05, 0) is 6.92 Å². The predicted octanol–water partition coefficient (Wildman–Crippen LogP) is 0.360. The van der Waals surface area contributed by atoms with Crippen LogP contribution in [0.1, 0.15) is 6.92 Å². The van der Waals surface area contributed by atoms with Gasteiger partial charge in [0.1, 0.15) is 0 Å². The molecule has 44 valence electrons. The van der Waals surface area contributed by atoms with E-state index in [1.54, 1.807) is 6.92 Å². The molecule has 0 bridgehead atoms. The summed E-state index contributed by atoms with van der Waals surface area (Å²) in [6.07, 6.45) is 0. The lowest BCUT2D eigenvalue weighted by atomic mass is 10.4. The standard InChI is InChI=1S/C5H6FNO/c1-3-5(6)4(8)2-7-3/h7H,2H2,1H3. The predicted molar refractivity (Wildman–Crippen MR) is 26.8 cm³/mol. The number of hydrogen-bond acceptors (Lipinski definition) is 2. The summed E-state index contributed by atoms with van der Waals surface area (Å²) < 4.78 is 12.2. The topological polar surface area (TPSA) is 29.1 Å². The Kier molecular flexibility index (Phi) is 1.04. The third kappa shape index (κ3) is 0.598. The van der Waals surface area contributed by atoms with Crippen molar-refractivity contribution in [1.82, 2.24) is 5.32 Å². The molecule has 0 fully saturated rings. The minimum Gasteiger partial charge on any atom is -0.379 e. The molecule has 0 unspecified atom stereocenters. The van der Waals surface area contributed by atoms with Crippen LogP contribution in [0.5, 0.6) is 0 Å². The number of carbonyl (C=O) groups excluding carboxylic acids is 1. The number of halogens is 1. The molecule has 1 heterocycles. The molecule has 1 rings (SSSR count). The van der Waals surface area contributed by atoms with Gasteiger partial charge in [0.25, 0.3) is 0 Å². The first-order valence-electron chi connectivity index (χ1n) is 2.35. The highest BCUT2D eigenvalue weighted by atomic mass is 19.1. The molecule has 0 aliphatic carbocycles. The molecule has 0 saturated carbocycles. The molecule has 0 aromatic carbocycles. The van der Waals surface area contributed by atoms with E-state index in [4.69, 9.17) is 0 Å². The molecule has 0 spiro atoms. The fourth-order valence-corrected chi connectivity index (χ4v) is 0.577. The number of ketones is 1. The number of rotatable bonds is 0. The van der Waals surface area contributed by atoms with Crippen LogP contribution in [0.4, 0.5) is 4.39 Å². The van der Waals surface area contributed by atoms with Crippen LogP contribution in [0.25, 0.3) is 0 Å². The van der Waals surface area contributed by atoms with Gasteiger partial charge in [-0.15, -0.1) is 0 Å². The third-order valence-corrected chi connectivity index (χ3v) is 1.09. The molecule has 1 aliphatic rings. The second-order valence-corrected chi connectivity index (χ2v) is 1.72. The summed E-state index contributed by atoms with van der Waals surface area (Å²) in [7, 11) is 0. The summed E-state index contributed by atoms with van der Waals surface area (Å²) in [6, 6.07) is 0. The Balaban J connectivity index is 2.86. The van der Waals surface area contributed by atoms with Crippen LogP contribution < -0.4 is 5.32 Å². The highest BCUT2D eigenvalue weighted by molar-refractivity contribution is 5.97. The molecule has 2 nitrogen and oxygen atoms in total. The van der Waals surface area contributed by atoms with E-state index < -0.39 is 11.6 Å². The molecule has 0 aromatic heterocycles. The van der Waals surface area contributed by atoms with Gasteiger partial charge in [-0.2, -0.15) is 0 Å². The number of carbonyl (C=O) groups is 1. The van der Waals surface area contributed by atoms with E-state index >= 15 is 0 Å². The van der Waals surface area contributed by atoms with Gasteiger partial charge in [-0.1, -0.05) is 0 Å². The Morgan fingerprint density at radius 2 is 2.38 bits per heavy atom. The molecule has 0 saturated heterocycles. The van der Waals surface area contributed by atoms with Crippen LogP contribution in [0, 0.1) is 0 Å². The minimum atomic E-state index is -0.620. The summed E-state index contributed by atoms with van der Waals surface area (Å²) >= 11 is 0. The molecule has 0 aromatic rings. The number of nitrogens with one attached hydrogen (secondary N) is 1. The lowest BCUT2D eigenvalue weighted by Crippen LogP contribution is -2.09. The Labute approximate surface area is 46.4 Å². The molecule has 1 aliphatic heterocycles. The quantitative estimate of drug-likeness (QED) is 0.494. The Hall–Kier alpha value is -0.860. The highest BCUT2D eigenvalue weighted by Crippen LogP contribution is 2.08. The SMILES string of the molecule is CC1=C(F)C(=O)CN1. The van der Waals surface area contributed by atoms with Crippen LogP contribution in [-0.2, 0) is 4.79 Å². The monoisotopic (exact) mass is 115 g/mol. The van der Waals surface area contributed by atoms with Gasteiger partial charge in [-0.25, -0.2) is 4.39 Å². The number of hydrogen-bond donors (Lipinski definition) is 1. The fourth-order valence-electron chi connectivity index (χ4n) is 0.577. The van der Waals surface area contributed by atoms with Crippen molar-refractivity contribution in [3.8, 4) is 0 Å². The molecule has 1 N–H and O–H groups in total. The largest absolute Gasteiger partial charge is 0.379 e. The van der Waals surface area contributed by atoms with Crippen molar-refractivity contribution < 1.29 is 9.18 Å². The zero-order valence-corrected chi connectivity index (χ0v) is 4.49. The van der Waals surface area contributed by atoms with Crippen molar-refractivity contribution in [2.24, 2.45) is 0 Å². The summed E-state index contributed by atoms with van der Waals surface area (Å²) in [5.41, 5.74) is 0.356. The van der Waals surface area contributed by atoms with E-state index in [2.05, 4.69) is 5.32 Å². The smallest absolute Gasteiger partial charge is 0.211 e. The van der Waals surface area contributed by atoms with Crippen LogP contribution in [0.15, 0.2) is 11.5 Å². The molecule has 0 radical (unpaired) electrons. The molecule has 0 amide bonds. The van der Waals surface area contributed by atoms with Crippen LogP contribution >= 0.6 is 0 Å². The van der Waals surface area contributed by atoms with E-state index in [1.807, 2.05) is 0 Å². The summed E-state index contributed by atoms with van der Waals surface area (Å²) in [5.74, 6) is -1.06. The lowest BCUT2D eigenvalue weighted by molar-refractivity contribution is -0.115. The second kappa shape index (κ2) is 1.58. The minimum absolute atomic E-state index is 0.123. The van der Waals surface area contributed by atoms with Gasteiger partial charge in [0.2, 0.25) is 5.78 Å². The Morgan fingerprint density at radius 3 is 2.50 bits per heavy atom. The van der Waals surface area contributed by atoms with E-state index in [0.29, 0.717) is 5.70 Å². The number of Topliss-reactive ketones (excluding diaryl/α,β-unsaturated/α-hetero) is 1. The maximum Gasteiger partial charge on any atom is 0.211 e. The molecular formula is C5H6FNO. The van der Waals surface area contributed by atoms with Crippen molar-refractivity contribution in [3.05, 3.63) is 11.5 Å². The lowest BCUT2D eigenvalue weighted by Gasteiger charge is -1.87. The zero-order chi connectivity index (χ0) is 6.15. The molecular weight excluding hydrogens is 109 g/mol. The maximum absolute atomic E-state index is 12.2. The Morgan fingerprint density at radius 1 is 1.75 bits per heavy atom. The van der Waals surface area contributed by atoms with Gasteiger partial charge in [0.15, 0.2) is 5.83 Å². The second-order valence-electron chi connectivity index (χ2n) is 1.72. The van der Waals surface area contributed by atoms with Crippen molar-refractivity contribution in [2.45, 2.75) is 6.92 Å². The van der Waals surface area contributed by atoms with Crippen molar-refractivity contribution in [3.63, 3.8) is 0 Å². The van der Waals surface area contributed by atoms with Gasteiger partial charge in [-0.3, -0.25) is 4.79 Å². The first-order chi connectivity index (χ1) is 3.72. The van der Waals surface area contributed by atoms with Gasteiger partial charge in [0, 0.05) is 5.70 Å². The fraction of sp³-hybridized carbons (Fsp3) is 0.400. The molecule has 0 atom stereocenters. The zero-order valence-electron chi connectivity index (χ0n) is 4.49. The highest BCUT2D eigenvalue weighted by Gasteiger charge is 2.18. The van der Waals surface area contributed by atoms with Crippen molar-refractivity contribution in [1.29, 1.82) is 0 Å². The van der Waals surface area contributed by atoms with E-state index in [0.717, 1.165) is 0 Å². The third-order valence-electron chi connectivity index (χ3n) is 1.09. The van der Waals surface area contributed by atoms with Crippen molar-refractivity contribution in [2.75, 3.05) is 6.54 Å². The van der Waals surface area contributed by atoms with E-state index in [-0.39, 0.29) is 6.54 Å².